The van der Waals surface area contributed by atoms with Gasteiger partial charge in [-0.3, -0.25) is 0 Å². The van der Waals surface area contributed by atoms with Crippen molar-refractivity contribution in [2.24, 2.45) is 0 Å². The Balaban J connectivity index is 0.00000162. The summed E-state index contributed by atoms with van der Waals surface area (Å²) in [5, 5.41) is 0. The van der Waals surface area contributed by atoms with Crippen LogP contribution >= 0.6 is 12.4 Å². The molecule has 1 fully saturated rings. The Hall–Kier alpha value is -0.800. The number of nitrogens with zero attached hydrogens (tertiary/aromatic N) is 3. The molecule has 2 rings (SSSR count). The highest BCUT2D eigenvalue weighted by Gasteiger charge is 2.11. The van der Waals surface area contributed by atoms with Crippen molar-refractivity contribution in [2.45, 2.75) is 26.2 Å². The van der Waals surface area contributed by atoms with Crippen LogP contribution in [0.1, 0.15) is 24.8 Å². The van der Waals surface area contributed by atoms with E-state index >= 15 is 0 Å². The third-order valence-corrected chi connectivity index (χ3v) is 3.49. The Morgan fingerprint density at radius 2 is 2.00 bits per heavy atom. The third kappa shape index (κ3) is 4.46. The first kappa shape index (κ1) is 15.3. The lowest BCUT2D eigenvalue weighted by Crippen LogP contribution is -2.36. The Morgan fingerprint density at radius 1 is 1.28 bits per heavy atom. The van der Waals surface area contributed by atoms with E-state index in [-0.39, 0.29) is 12.4 Å². The minimum absolute atomic E-state index is 0. The van der Waals surface area contributed by atoms with Gasteiger partial charge in [-0.25, -0.2) is 4.98 Å². The van der Waals surface area contributed by atoms with Crippen LogP contribution in [-0.2, 0) is 0 Å². The number of pyridine rings is 1. The summed E-state index contributed by atoms with van der Waals surface area (Å²) in [6.07, 6.45) is 6.03. The summed E-state index contributed by atoms with van der Waals surface area (Å²) in [5.74, 6) is 1.09. The average molecular weight is 270 g/mol. The lowest BCUT2D eigenvalue weighted by atomic mass is 10.1. The van der Waals surface area contributed by atoms with Crippen molar-refractivity contribution in [3.8, 4) is 0 Å². The summed E-state index contributed by atoms with van der Waals surface area (Å²) in [6, 6.07) is 4.19. The Bertz CT molecular complexity index is 351. The lowest BCUT2D eigenvalue weighted by Gasteiger charge is -2.28. The van der Waals surface area contributed by atoms with Gasteiger partial charge in [-0.05, 0) is 50.6 Å². The number of halogens is 1. The number of hydrogen-bond acceptors (Lipinski definition) is 3. The minimum atomic E-state index is 0. The predicted octanol–water partition coefficient (Wildman–Crippen LogP) is 2.73. The zero-order chi connectivity index (χ0) is 12.1. The van der Waals surface area contributed by atoms with E-state index in [1.165, 1.54) is 37.9 Å². The highest BCUT2D eigenvalue weighted by Crippen LogP contribution is 2.12. The Morgan fingerprint density at radius 3 is 2.67 bits per heavy atom. The van der Waals surface area contributed by atoms with Crippen molar-refractivity contribution in [3.63, 3.8) is 0 Å². The molecule has 4 heteroatoms. The smallest absolute Gasteiger partial charge is 0.128 e. The number of hydrogen-bond donors (Lipinski definition) is 0. The van der Waals surface area contributed by atoms with Crippen LogP contribution in [0, 0.1) is 6.92 Å². The van der Waals surface area contributed by atoms with Gasteiger partial charge in [0.1, 0.15) is 5.82 Å². The fourth-order valence-electron chi connectivity index (χ4n) is 2.32. The highest BCUT2D eigenvalue weighted by atomic mass is 35.5. The largest absolute Gasteiger partial charge is 0.358 e. The highest BCUT2D eigenvalue weighted by molar-refractivity contribution is 5.85. The van der Waals surface area contributed by atoms with Gasteiger partial charge in [0.2, 0.25) is 0 Å². The van der Waals surface area contributed by atoms with Crippen molar-refractivity contribution in [1.29, 1.82) is 0 Å². The molecular formula is C14H24ClN3. The molecule has 1 aromatic rings. The molecule has 1 aliphatic heterocycles. The molecule has 0 amide bonds. The molecule has 0 bridgehead atoms. The van der Waals surface area contributed by atoms with Crippen LogP contribution in [0.4, 0.5) is 5.82 Å². The molecule has 0 aliphatic carbocycles. The maximum Gasteiger partial charge on any atom is 0.128 e. The van der Waals surface area contributed by atoms with Gasteiger partial charge in [-0.1, -0.05) is 6.42 Å². The molecule has 0 spiro atoms. The third-order valence-electron chi connectivity index (χ3n) is 3.49. The van der Waals surface area contributed by atoms with Crippen LogP contribution in [0.25, 0.3) is 0 Å². The van der Waals surface area contributed by atoms with Gasteiger partial charge in [0, 0.05) is 26.3 Å². The van der Waals surface area contributed by atoms with E-state index in [1.807, 2.05) is 12.3 Å². The molecule has 102 valence electrons. The van der Waals surface area contributed by atoms with Gasteiger partial charge in [0.15, 0.2) is 0 Å². The van der Waals surface area contributed by atoms with Gasteiger partial charge < -0.3 is 9.80 Å². The Kier molecular flexibility index (Phi) is 6.44. The molecule has 0 N–H and O–H groups in total. The molecule has 0 unspecified atom stereocenters. The van der Waals surface area contributed by atoms with Gasteiger partial charge in [-0.2, -0.15) is 0 Å². The van der Waals surface area contributed by atoms with Gasteiger partial charge in [0.05, 0.1) is 0 Å². The molecule has 0 radical (unpaired) electrons. The summed E-state index contributed by atoms with van der Waals surface area (Å²) in [4.78, 5) is 9.23. The summed E-state index contributed by atoms with van der Waals surface area (Å²) < 4.78 is 0. The van der Waals surface area contributed by atoms with Crippen molar-refractivity contribution >= 4 is 18.2 Å². The lowest BCUT2D eigenvalue weighted by molar-refractivity contribution is 0.234. The standard InChI is InChI=1S/C14H23N3.ClH/c1-13-6-7-15-14(12-13)16(2)10-11-17-8-4-3-5-9-17;/h6-7,12H,3-5,8-11H2,1-2H3;1H. The molecule has 18 heavy (non-hydrogen) atoms. The maximum atomic E-state index is 4.41. The summed E-state index contributed by atoms with van der Waals surface area (Å²) in [7, 11) is 2.13. The van der Waals surface area contributed by atoms with Crippen LogP contribution in [0.15, 0.2) is 18.3 Å². The van der Waals surface area contributed by atoms with Gasteiger partial charge in [0.25, 0.3) is 0 Å². The fourth-order valence-corrected chi connectivity index (χ4v) is 2.32. The number of likely N-dealkylation sites (N-methyl/N-ethyl adjacent to an activating group) is 1. The van der Waals surface area contributed by atoms with Crippen molar-refractivity contribution < 1.29 is 0 Å². The van der Waals surface area contributed by atoms with E-state index < -0.39 is 0 Å². The van der Waals surface area contributed by atoms with Crippen LogP contribution in [0.3, 0.4) is 0 Å². The van der Waals surface area contributed by atoms with Crippen LogP contribution < -0.4 is 4.90 Å². The molecule has 0 saturated carbocycles. The number of aryl methyl sites for hydroxylation is 1. The molecule has 3 nitrogen and oxygen atoms in total. The first-order valence-electron chi connectivity index (χ1n) is 6.62. The Labute approximate surface area is 117 Å². The zero-order valence-corrected chi connectivity index (χ0v) is 12.2. The van der Waals surface area contributed by atoms with Gasteiger partial charge in [-0.15, -0.1) is 12.4 Å². The maximum absolute atomic E-state index is 4.41. The van der Waals surface area contributed by atoms with Gasteiger partial charge >= 0.3 is 0 Å². The predicted molar refractivity (Wildman–Crippen MR) is 79.8 cm³/mol. The van der Waals surface area contributed by atoms with E-state index in [0.717, 1.165) is 18.9 Å². The molecule has 2 heterocycles. The van der Waals surface area contributed by atoms with E-state index in [0.29, 0.717) is 0 Å². The second-order valence-corrected chi connectivity index (χ2v) is 5.02. The summed E-state index contributed by atoms with van der Waals surface area (Å²) in [5.41, 5.74) is 1.28. The summed E-state index contributed by atoms with van der Waals surface area (Å²) >= 11 is 0. The number of aromatic nitrogens is 1. The van der Waals surface area contributed by atoms with E-state index in [4.69, 9.17) is 0 Å². The molecule has 1 aliphatic rings. The SMILES string of the molecule is Cc1ccnc(N(C)CCN2CCCCC2)c1.Cl. The number of likely N-dealkylation sites (tertiary alicyclic amines) is 1. The monoisotopic (exact) mass is 269 g/mol. The normalized spacial score (nSPS) is 16.1. The first-order valence-corrected chi connectivity index (χ1v) is 6.62. The van der Waals surface area contributed by atoms with Crippen molar-refractivity contribution in [2.75, 3.05) is 38.1 Å². The number of anilines is 1. The molecule has 1 aromatic heterocycles. The topological polar surface area (TPSA) is 19.4 Å². The fraction of sp³-hybridized carbons (Fsp3) is 0.643. The molecule has 0 atom stereocenters. The van der Waals surface area contributed by atoms with E-state index in [9.17, 15) is 0 Å². The summed E-state index contributed by atoms with van der Waals surface area (Å²) in [6.45, 7) is 6.89. The quantitative estimate of drug-likeness (QED) is 0.838. The average Bonchev–Trinajstić information content (AvgIpc) is 2.37. The number of rotatable bonds is 4. The van der Waals surface area contributed by atoms with Crippen LogP contribution in [-0.4, -0.2) is 43.1 Å². The van der Waals surface area contributed by atoms with Crippen LogP contribution in [0.5, 0.6) is 0 Å². The first-order chi connectivity index (χ1) is 8.25. The van der Waals surface area contributed by atoms with E-state index in [1.54, 1.807) is 0 Å². The number of piperidine rings is 1. The molecule has 0 aromatic carbocycles. The second kappa shape index (κ2) is 7.59. The zero-order valence-electron chi connectivity index (χ0n) is 11.4. The molecule has 1 saturated heterocycles. The van der Waals surface area contributed by atoms with Crippen LogP contribution in [0.2, 0.25) is 0 Å². The van der Waals surface area contributed by atoms with Crippen molar-refractivity contribution in [1.82, 2.24) is 9.88 Å². The van der Waals surface area contributed by atoms with E-state index in [2.05, 4.69) is 34.8 Å². The van der Waals surface area contributed by atoms with Crippen molar-refractivity contribution in [3.05, 3.63) is 23.9 Å². The minimum Gasteiger partial charge on any atom is -0.358 e. The second-order valence-electron chi connectivity index (χ2n) is 5.02. The molecular weight excluding hydrogens is 246 g/mol.